The zero-order chi connectivity index (χ0) is 11.2. The van der Waals surface area contributed by atoms with Gasteiger partial charge in [0, 0.05) is 20.0 Å². The van der Waals surface area contributed by atoms with Crippen molar-refractivity contribution in [3.05, 3.63) is 12.2 Å². The molecule has 1 N–H and O–H groups in total. The molecule has 0 unspecified atom stereocenters. The van der Waals surface area contributed by atoms with E-state index in [1.807, 2.05) is 7.05 Å². The van der Waals surface area contributed by atoms with Gasteiger partial charge in [-0.2, -0.15) is 5.10 Å². The molecule has 1 aliphatic rings. The Balaban J connectivity index is 1.57. The first-order chi connectivity index (χ1) is 7.84. The lowest BCUT2D eigenvalue weighted by Crippen LogP contribution is -2.26. The van der Waals surface area contributed by atoms with Gasteiger partial charge in [0.05, 0.1) is 0 Å². The number of aromatic nitrogens is 3. The van der Waals surface area contributed by atoms with Crippen molar-refractivity contribution in [3.8, 4) is 0 Å². The van der Waals surface area contributed by atoms with Crippen LogP contribution in [0.25, 0.3) is 0 Å². The van der Waals surface area contributed by atoms with Crippen molar-refractivity contribution < 1.29 is 0 Å². The molecule has 1 fully saturated rings. The Morgan fingerprint density at radius 2 is 2.19 bits per heavy atom. The molecule has 2 rings (SSSR count). The Morgan fingerprint density at radius 1 is 1.38 bits per heavy atom. The highest BCUT2D eigenvalue weighted by atomic mass is 15.3. The standard InChI is InChI=1S/C12H22N4/c1-16-10-14-12(15-16)7-8-13-9-11-5-3-2-4-6-11/h10-11,13H,2-9H2,1H3. The molecule has 0 radical (unpaired) electrons. The molecule has 0 bridgehead atoms. The highest BCUT2D eigenvalue weighted by molar-refractivity contribution is 4.82. The van der Waals surface area contributed by atoms with E-state index in [4.69, 9.17) is 0 Å². The first-order valence-electron chi connectivity index (χ1n) is 6.40. The van der Waals surface area contributed by atoms with Crippen LogP contribution < -0.4 is 5.32 Å². The van der Waals surface area contributed by atoms with Crippen LogP contribution in [0.15, 0.2) is 6.33 Å². The van der Waals surface area contributed by atoms with Gasteiger partial charge >= 0.3 is 0 Å². The summed E-state index contributed by atoms with van der Waals surface area (Å²) in [6.45, 7) is 2.17. The average Bonchev–Trinajstić information content (AvgIpc) is 2.72. The van der Waals surface area contributed by atoms with Crippen LogP contribution in [0.1, 0.15) is 37.9 Å². The van der Waals surface area contributed by atoms with E-state index < -0.39 is 0 Å². The highest BCUT2D eigenvalue weighted by Gasteiger charge is 2.12. The van der Waals surface area contributed by atoms with Gasteiger partial charge in [-0.1, -0.05) is 19.3 Å². The van der Waals surface area contributed by atoms with Gasteiger partial charge in [-0.15, -0.1) is 0 Å². The Bertz CT molecular complexity index is 302. The van der Waals surface area contributed by atoms with Gasteiger partial charge in [0.1, 0.15) is 6.33 Å². The van der Waals surface area contributed by atoms with E-state index in [9.17, 15) is 0 Å². The minimum atomic E-state index is 0.908. The summed E-state index contributed by atoms with van der Waals surface area (Å²) in [7, 11) is 1.91. The second kappa shape index (κ2) is 5.99. The number of hydrogen-bond donors (Lipinski definition) is 1. The summed E-state index contributed by atoms with van der Waals surface area (Å²) in [5.74, 6) is 1.85. The number of hydrogen-bond acceptors (Lipinski definition) is 3. The van der Waals surface area contributed by atoms with Crippen LogP contribution in [0, 0.1) is 5.92 Å². The first-order valence-corrected chi connectivity index (χ1v) is 6.40. The van der Waals surface area contributed by atoms with Crippen molar-refractivity contribution in [2.75, 3.05) is 13.1 Å². The van der Waals surface area contributed by atoms with Crippen LogP contribution in [0.4, 0.5) is 0 Å². The Kier molecular flexibility index (Phi) is 4.34. The summed E-state index contributed by atoms with van der Waals surface area (Å²) in [6, 6.07) is 0. The fraction of sp³-hybridized carbons (Fsp3) is 0.833. The topological polar surface area (TPSA) is 42.7 Å². The summed E-state index contributed by atoms with van der Waals surface area (Å²) in [6.07, 6.45) is 9.81. The van der Waals surface area contributed by atoms with Crippen LogP contribution in [0.3, 0.4) is 0 Å². The molecule has 1 aromatic heterocycles. The maximum atomic E-state index is 4.26. The third kappa shape index (κ3) is 3.59. The van der Waals surface area contributed by atoms with Gasteiger partial charge in [0.25, 0.3) is 0 Å². The van der Waals surface area contributed by atoms with Gasteiger partial charge in [-0.25, -0.2) is 4.98 Å². The van der Waals surface area contributed by atoms with Gasteiger partial charge < -0.3 is 5.32 Å². The summed E-state index contributed by atoms with van der Waals surface area (Å²) < 4.78 is 1.76. The first kappa shape index (κ1) is 11.6. The van der Waals surface area contributed by atoms with Crippen molar-refractivity contribution in [1.29, 1.82) is 0 Å². The zero-order valence-electron chi connectivity index (χ0n) is 10.2. The number of nitrogens with zero attached hydrogens (tertiary/aromatic N) is 3. The van der Waals surface area contributed by atoms with E-state index in [0.29, 0.717) is 0 Å². The third-order valence-electron chi connectivity index (χ3n) is 3.33. The van der Waals surface area contributed by atoms with Crippen LogP contribution >= 0.6 is 0 Å². The number of rotatable bonds is 5. The molecular weight excluding hydrogens is 200 g/mol. The third-order valence-corrected chi connectivity index (χ3v) is 3.33. The molecule has 0 aliphatic heterocycles. The molecule has 0 aromatic carbocycles. The summed E-state index contributed by atoms with van der Waals surface area (Å²) in [5, 5.41) is 7.78. The smallest absolute Gasteiger partial charge is 0.151 e. The molecule has 1 aliphatic carbocycles. The maximum absolute atomic E-state index is 4.26. The highest BCUT2D eigenvalue weighted by Crippen LogP contribution is 2.22. The molecule has 1 heterocycles. The molecule has 1 aromatic rings. The second-order valence-electron chi connectivity index (χ2n) is 4.79. The quantitative estimate of drug-likeness (QED) is 0.768. The van der Waals surface area contributed by atoms with E-state index in [2.05, 4.69) is 15.4 Å². The van der Waals surface area contributed by atoms with Gasteiger partial charge in [-0.05, 0) is 25.3 Å². The second-order valence-corrected chi connectivity index (χ2v) is 4.79. The van der Waals surface area contributed by atoms with E-state index in [0.717, 1.165) is 24.7 Å². The van der Waals surface area contributed by atoms with Gasteiger partial charge in [-0.3, -0.25) is 4.68 Å². The van der Waals surface area contributed by atoms with Gasteiger partial charge in [0.15, 0.2) is 5.82 Å². The summed E-state index contributed by atoms with van der Waals surface area (Å²) in [5.41, 5.74) is 0. The lowest BCUT2D eigenvalue weighted by atomic mass is 9.89. The molecule has 90 valence electrons. The molecule has 1 saturated carbocycles. The predicted molar refractivity (Wildman–Crippen MR) is 64.2 cm³/mol. The van der Waals surface area contributed by atoms with Crippen LogP contribution in [0.2, 0.25) is 0 Å². The molecule has 0 spiro atoms. The van der Waals surface area contributed by atoms with E-state index >= 15 is 0 Å². The SMILES string of the molecule is Cn1cnc(CCNCC2CCCCC2)n1. The Hall–Kier alpha value is -0.900. The van der Waals surface area contributed by atoms with Crippen LogP contribution in [0.5, 0.6) is 0 Å². The molecular formula is C12H22N4. The number of nitrogens with one attached hydrogen (secondary N) is 1. The fourth-order valence-electron chi connectivity index (χ4n) is 2.40. The monoisotopic (exact) mass is 222 g/mol. The lowest BCUT2D eigenvalue weighted by Gasteiger charge is -2.21. The maximum Gasteiger partial charge on any atom is 0.151 e. The predicted octanol–water partition coefficient (Wildman–Crippen LogP) is 1.53. The Labute approximate surface area is 97.5 Å². The van der Waals surface area contributed by atoms with E-state index in [1.54, 1.807) is 11.0 Å². The molecule has 0 saturated heterocycles. The summed E-state index contributed by atoms with van der Waals surface area (Å²) in [4.78, 5) is 4.21. The van der Waals surface area contributed by atoms with Crippen molar-refractivity contribution in [1.82, 2.24) is 20.1 Å². The molecule has 4 nitrogen and oxygen atoms in total. The van der Waals surface area contributed by atoms with Crippen molar-refractivity contribution >= 4 is 0 Å². The fourth-order valence-corrected chi connectivity index (χ4v) is 2.40. The number of aryl methyl sites for hydroxylation is 1. The van der Waals surface area contributed by atoms with Gasteiger partial charge in [0.2, 0.25) is 0 Å². The normalized spacial score (nSPS) is 17.8. The van der Waals surface area contributed by atoms with E-state index in [1.165, 1.54) is 38.6 Å². The minimum absolute atomic E-state index is 0.908. The van der Waals surface area contributed by atoms with Crippen molar-refractivity contribution in [3.63, 3.8) is 0 Å². The molecule has 0 atom stereocenters. The molecule has 4 heteroatoms. The molecule has 16 heavy (non-hydrogen) atoms. The van der Waals surface area contributed by atoms with Crippen molar-refractivity contribution in [2.24, 2.45) is 13.0 Å². The Morgan fingerprint density at radius 3 is 2.88 bits per heavy atom. The van der Waals surface area contributed by atoms with E-state index in [-0.39, 0.29) is 0 Å². The van der Waals surface area contributed by atoms with Crippen LogP contribution in [-0.2, 0) is 13.5 Å². The molecule has 0 amide bonds. The summed E-state index contributed by atoms with van der Waals surface area (Å²) >= 11 is 0. The average molecular weight is 222 g/mol. The lowest BCUT2D eigenvalue weighted by molar-refractivity contribution is 0.343. The zero-order valence-corrected chi connectivity index (χ0v) is 10.2. The largest absolute Gasteiger partial charge is 0.316 e. The minimum Gasteiger partial charge on any atom is -0.316 e. The van der Waals surface area contributed by atoms with Crippen molar-refractivity contribution in [2.45, 2.75) is 38.5 Å². The van der Waals surface area contributed by atoms with Crippen LogP contribution in [-0.4, -0.2) is 27.9 Å².